The molecule has 0 unspecified atom stereocenters. The molecule has 0 radical (unpaired) electrons. The van der Waals surface area contributed by atoms with Crippen LogP contribution in [0.25, 0.3) is 0 Å². The van der Waals surface area contributed by atoms with Crippen LogP contribution in [0, 0.1) is 6.92 Å². The minimum Gasteiger partial charge on any atom is -0.353 e. The summed E-state index contributed by atoms with van der Waals surface area (Å²) < 4.78 is 0. The van der Waals surface area contributed by atoms with E-state index in [4.69, 9.17) is 0 Å². The van der Waals surface area contributed by atoms with Crippen molar-refractivity contribution in [1.29, 1.82) is 0 Å². The second-order valence-electron chi connectivity index (χ2n) is 6.01. The van der Waals surface area contributed by atoms with Gasteiger partial charge in [-0.2, -0.15) is 0 Å². The molecule has 0 aliphatic rings. The lowest BCUT2D eigenvalue weighted by Crippen LogP contribution is -2.37. The van der Waals surface area contributed by atoms with E-state index in [1.165, 1.54) is 11.1 Å². The fraction of sp³-hybridized carbons (Fsp3) is 0.350. The Hall–Kier alpha value is -1.74. The zero-order chi connectivity index (χ0) is 16.7. The predicted molar refractivity (Wildman–Crippen MR) is 98.9 cm³/mol. The normalized spacial score (nSPS) is 13.3. The molecule has 122 valence electrons. The molecular weight excluding hydrogens is 302 g/mol. The number of thioether (sulfide) groups is 1. The average molecular weight is 327 g/mol. The molecule has 2 aromatic carbocycles. The summed E-state index contributed by atoms with van der Waals surface area (Å²) in [7, 11) is 0. The molecule has 0 aliphatic carbocycles. The number of hydrogen-bond acceptors (Lipinski definition) is 2. The van der Waals surface area contributed by atoms with Crippen LogP contribution in [0.2, 0.25) is 0 Å². The number of aryl methyl sites for hydroxylation is 2. The fourth-order valence-corrected chi connectivity index (χ4v) is 3.21. The molecule has 2 nitrogen and oxygen atoms in total. The number of benzene rings is 2. The molecular formula is C20H25NOS. The first-order chi connectivity index (χ1) is 11.0. The van der Waals surface area contributed by atoms with Crippen molar-refractivity contribution >= 4 is 17.7 Å². The zero-order valence-electron chi connectivity index (χ0n) is 14.1. The highest BCUT2D eigenvalue weighted by Gasteiger charge is 2.16. The quantitative estimate of drug-likeness (QED) is 0.752. The first kappa shape index (κ1) is 17.6. The topological polar surface area (TPSA) is 29.1 Å². The number of carbonyl (C=O) groups is 1. The number of rotatable bonds is 7. The molecule has 1 amide bonds. The summed E-state index contributed by atoms with van der Waals surface area (Å²) in [5, 5.41) is 3.04. The van der Waals surface area contributed by atoms with Gasteiger partial charge in [-0.3, -0.25) is 4.79 Å². The van der Waals surface area contributed by atoms with Gasteiger partial charge in [-0.05, 0) is 51.3 Å². The van der Waals surface area contributed by atoms with E-state index in [-0.39, 0.29) is 17.2 Å². The van der Waals surface area contributed by atoms with Crippen molar-refractivity contribution in [3.63, 3.8) is 0 Å². The minimum absolute atomic E-state index is 0.0862. The van der Waals surface area contributed by atoms with Crippen LogP contribution < -0.4 is 5.32 Å². The van der Waals surface area contributed by atoms with Crippen molar-refractivity contribution in [1.82, 2.24) is 5.32 Å². The van der Waals surface area contributed by atoms with Gasteiger partial charge in [0.2, 0.25) is 5.91 Å². The van der Waals surface area contributed by atoms with Gasteiger partial charge in [0.1, 0.15) is 0 Å². The van der Waals surface area contributed by atoms with Crippen LogP contribution in [0.4, 0.5) is 0 Å². The Bertz CT molecular complexity index is 609. The Morgan fingerprint density at radius 3 is 2.35 bits per heavy atom. The molecule has 0 spiro atoms. The van der Waals surface area contributed by atoms with E-state index in [0.717, 1.165) is 17.7 Å². The van der Waals surface area contributed by atoms with Gasteiger partial charge in [0.15, 0.2) is 0 Å². The second kappa shape index (κ2) is 8.78. The van der Waals surface area contributed by atoms with Gasteiger partial charge < -0.3 is 5.32 Å². The van der Waals surface area contributed by atoms with Crippen LogP contribution in [0.5, 0.6) is 0 Å². The van der Waals surface area contributed by atoms with Crippen molar-refractivity contribution in [3.05, 3.63) is 65.7 Å². The highest BCUT2D eigenvalue weighted by Crippen LogP contribution is 2.23. The summed E-state index contributed by atoms with van der Waals surface area (Å²) in [6, 6.07) is 18.9. The van der Waals surface area contributed by atoms with Crippen molar-refractivity contribution < 1.29 is 4.79 Å². The van der Waals surface area contributed by atoms with Gasteiger partial charge in [-0.1, -0.05) is 48.0 Å². The SMILES string of the molecule is Cc1ccc(S[C@H](C)C(=O)N[C@H](C)CCc2ccccc2)cc1. The Kier molecular flexibility index (Phi) is 6.72. The molecule has 3 heteroatoms. The number of nitrogens with one attached hydrogen (secondary N) is 1. The summed E-state index contributed by atoms with van der Waals surface area (Å²) in [4.78, 5) is 13.4. The number of carbonyl (C=O) groups excluding carboxylic acids is 1. The molecule has 1 N–H and O–H groups in total. The maximum absolute atomic E-state index is 12.3. The average Bonchev–Trinajstić information content (AvgIpc) is 2.56. The third kappa shape index (κ3) is 6.11. The first-order valence-corrected chi connectivity index (χ1v) is 9.00. The van der Waals surface area contributed by atoms with Crippen molar-refractivity contribution in [3.8, 4) is 0 Å². The summed E-state index contributed by atoms with van der Waals surface area (Å²) in [6.45, 7) is 6.10. The van der Waals surface area contributed by atoms with Crippen molar-refractivity contribution in [2.24, 2.45) is 0 Å². The molecule has 0 saturated heterocycles. The molecule has 2 atom stereocenters. The Balaban J connectivity index is 1.77. The lowest BCUT2D eigenvalue weighted by Gasteiger charge is -2.17. The predicted octanol–water partition coefficient (Wildman–Crippen LogP) is 4.61. The molecule has 0 fully saturated rings. The van der Waals surface area contributed by atoms with Crippen LogP contribution in [0.1, 0.15) is 31.4 Å². The van der Waals surface area contributed by atoms with Crippen LogP contribution in [-0.4, -0.2) is 17.2 Å². The molecule has 2 aromatic rings. The Labute approximate surface area is 143 Å². The van der Waals surface area contributed by atoms with Gasteiger partial charge in [0.25, 0.3) is 0 Å². The van der Waals surface area contributed by atoms with Gasteiger partial charge in [0.05, 0.1) is 5.25 Å². The van der Waals surface area contributed by atoms with E-state index in [1.807, 2.05) is 13.0 Å². The first-order valence-electron chi connectivity index (χ1n) is 8.12. The van der Waals surface area contributed by atoms with E-state index in [1.54, 1.807) is 11.8 Å². The van der Waals surface area contributed by atoms with Crippen LogP contribution in [0.3, 0.4) is 0 Å². The minimum atomic E-state index is -0.0862. The summed E-state index contributed by atoms with van der Waals surface area (Å²) in [6.07, 6.45) is 1.94. The largest absolute Gasteiger partial charge is 0.353 e. The van der Waals surface area contributed by atoms with Crippen LogP contribution in [-0.2, 0) is 11.2 Å². The smallest absolute Gasteiger partial charge is 0.233 e. The summed E-state index contributed by atoms with van der Waals surface area (Å²) in [5.41, 5.74) is 2.55. The van der Waals surface area contributed by atoms with E-state index >= 15 is 0 Å². The van der Waals surface area contributed by atoms with Crippen molar-refractivity contribution in [2.45, 2.75) is 49.8 Å². The van der Waals surface area contributed by atoms with E-state index in [2.05, 4.69) is 67.7 Å². The van der Waals surface area contributed by atoms with Gasteiger partial charge >= 0.3 is 0 Å². The summed E-state index contributed by atoms with van der Waals surface area (Å²) in [5.74, 6) is 0.108. The molecule has 0 saturated carbocycles. The molecule has 0 aromatic heterocycles. The molecule has 0 bridgehead atoms. The summed E-state index contributed by atoms with van der Waals surface area (Å²) >= 11 is 1.60. The van der Waals surface area contributed by atoms with E-state index in [9.17, 15) is 4.79 Å². The monoisotopic (exact) mass is 327 g/mol. The Morgan fingerprint density at radius 2 is 1.70 bits per heavy atom. The lowest BCUT2D eigenvalue weighted by molar-refractivity contribution is -0.120. The highest BCUT2D eigenvalue weighted by atomic mass is 32.2. The van der Waals surface area contributed by atoms with Crippen LogP contribution >= 0.6 is 11.8 Å². The molecule has 23 heavy (non-hydrogen) atoms. The fourth-order valence-electron chi connectivity index (χ4n) is 2.33. The number of hydrogen-bond donors (Lipinski definition) is 1. The van der Waals surface area contributed by atoms with E-state index < -0.39 is 0 Å². The third-order valence-electron chi connectivity index (χ3n) is 3.80. The molecule has 2 rings (SSSR count). The zero-order valence-corrected chi connectivity index (χ0v) is 14.9. The van der Waals surface area contributed by atoms with Gasteiger partial charge in [0, 0.05) is 10.9 Å². The standard InChI is InChI=1S/C20H25NOS/c1-15-9-13-19(14-10-15)23-17(3)20(22)21-16(2)11-12-18-7-5-4-6-8-18/h4-10,13-14,16-17H,11-12H2,1-3H3,(H,21,22)/t16-,17-/m1/s1. The maximum atomic E-state index is 12.3. The third-order valence-corrected chi connectivity index (χ3v) is 4.91. The lowest BCUT2D eigenvalue weighted by atomic mass is 10.1. The molecule has 0 heterocycles. The van der Waals surface area contributed by atoms with Gasteiger partial charge in [-0.25, -0.2) is 0 Å². The van der Waals surface area contributed by atoms with Crippen LogP contribution in [0.15, 0.2) is 59.5 Å². The highest BCUT2D eigenvalue weighted by molar-refractivity contribution is 8.00. The number of amides is 1. The second-order valence-corrected chi connectivity index (χ2v) is 7.42. The van der Waals surface area contributed by atoms with Gasteiger partial charge in [-0.15, -0.1) is 11.8 Å². The molecule has 0 aliphatic heterocycles. The van der Waals surface area contributed by atoms with E-state index in [0.29, 0.717) is 0 Å². The maximum Gasteiger partial charge on any atom is 0.233 e. The Morgan fingerprint density at radius 1 is 1.04 bits per heavy atom. The van der Waals surface area contributed by atoms with Crippen molar-refractivity contribution in [2.75, 3.05) is 0 Å².